The number of aliphatic hydroxyl groups is 1. The Morgan fingerprint density at radius 1 is 1.44 bits per heavy atom. The van der Waals surface area contributed by atoms with Gasteiger partial charge in [0.15, 0.2) is 0 Å². The zero-order valence-electron chi connectivity index (χ0n) is 8.77. The number of nitrogens with zero attached hydrogens (tertiary/aromatic N) is 2. The van der Waals surface area contributed by atoms with Crippen LogP contribution in [-0.2, 0) is 0 Å². The normalized spacial score (nSPS) is 17.5. The van der Waals surface area contributed by atoms with Crippen LogP contribution in [0.25, 0.3) is 0 Å². The molecule has 0 saturated carbocycles. The molecule has 1 aromatic rings. The summed E-state index contributed by atoms with van der Waals surface area (Å²) >= 11 is 2.14. The number of hydrogen-bond acceptors (Lipinski definition) is 3. The van der Waals surface area contributed by atoms with Gasteiger partial charge >= 0.3 is 0 Å². The molecule has 2 heterocycles. The minimum atomic E-state index is -0.252. The van der Waals surface area contributed by atoms with Crippen LogP contribution in [0, 0.1) is 3.57 Å². The van der Waals surface area contributed by atoms with Crippen molar-refractivity contribution in [1.29, 1.82) is 0 Å². The zero-order valence-corrected chi connectivity index (χ0v) is 10.9. The largest absolute Gasteiger partial charge is 0.393 e. The smallest absolute Gasteiger partial charge is 0.255 e. The van der Waals surface area contributed by atoms with E-state index in [4.69, 9.17) is 0 Å². The van der Waals surface area contributed by atoms with Crippen LogP contribution in [0.2, 0.25) is 0 Å². The average molecular weight is 332 g/mol. The summed E-state index contributed by atoms with van der Waals surface area (Å²) in [5.74, 6) is 0.0120. The van der Waals surface area contributed by atoms with Crippen LogP contribution in [0.4, 0.5) is 0 Å². The molecule has 1 aliphatic rings. The fourth-order valence-electron chi connectivity index (χ4n) is 1.78. The first-order valence-electron chi connectivity index (χ1n) is 5.24. The molecule has 1 amide bonds. The van der Waals surface area contributed by atoms with E-state index in [1.54, 1.807) is 17.3 Å². The number of likely N-dealkylation sites (tertiary alicyclic amines) is 1. The summed E-state index contributed by atoms with van der Waals surface area (Å²) < 4.78 is 0.959. The Balaban J connectivity index is 2.08. The molecule has 0 unspecified atom stereocenters. The van der Waals surface area contributed by atoms with Crippen molar-refractivity contribution in [2.45, 2.75) is 18.9 Å². The van der Waals surface area contributed by atoms with Crippen molar-refractivity contribution in [3.05, 3.63) is 27.6 Å². The lowest BCUT2D eigenvalue weighted by molar-refractivity contribution is 0.0546. The third-order valence-electron chi connectivity index (χ3n) is 2.70. The second-order valence-corrected chi connectivity index (χ2v) is 5.16. The van der Waals surface area contributed by atoms with Crippen molar-refractivity contribution in [2.24, 2.45) is 0 Å². The van der Waals surface area contributed by atoms with Gasteiger partial charge in [-0.3, -0.25) is 9.78 Å². The summed E-state index contributed by atoms with van der Waals surface area (Å²) in [6.45, 7) is 1.26. The number of aromatic nitrogens is 1. The van der Waals surface area contributed by atoms with Gasteiger partial charge in [0.1, 0.15) is 0 Å². The number of halogens is 1. The maximum absolute atomic E-state index is 12.1. The van der Waals surface area contributed by atoms with Crippen molar-refractivity contribution in [1.82, 2.24) is 9.88 Å². The Morgan fingerprint density at radius 2 is 2.12 bits per heavy atom. The SMILES string of the molecule is O=C(c1cncc(I)c1)N1CCC(O)CC1. The number of aliphatic hydroxyl groups excluding tert-OH is 1. The van der Waals surface area contributed by atoms with Gasteiger partial charge in [-0.25, -0.2) is 0 Å². The highest BCUT2D eigenvalue weighted by atomic mass is 127. The van der Waals surface area contributed by atoms with Gasteiger partial charge in [0.2, 0.25) is 0 Å². The molecule has 1 aromatic heterocycles. The second kappa shape index (κ2) is 5.09. The van der Waals surface area contributed by atoms with Gasteiger partial charge in [0, 0.05) is 29.1 Å². The summed E-state index contributed by atoms with van der Waals surface area (Å²) in [5, 5.41) is 9.37. The topological polar surface area (TPSA) is 53.4 Å². The van der Waals surface area contributed by atoms with Gasteiger partial charge < -0.3 is 10.0 Å². The summed E-state index contributed by atoms with van der Waals surface area (Å²) in [6.07, 6.45) is 4.40. The molecule has 0 aliphatic carbocycles. The molecule has 86 valence electrons. The van der Waals surface area contributed by atoms with E-state index in [-0.39, 0.29) is 12.0 Å². The number of hydrogen-bond donors (Lipinski definition) is 1. The minimum absolute atomic E-state index is 0.0120. The number of carbonyl (C=O) groups is 1. The summed E-state index contributed by atoms with van der Waals surface area (Å²) in [6, 6.07) is 1.83. The lowest BCUT2D eigenvalue weighted by Crippen LogP contribution is -2.40. The summed E-state index contributed by atoms with van der Waals surface area (Å²) in [4.78, 5) is 17.8. The number of rotatable bonds is 1. The van der Waals surface area contributed by atoms with Gasteiger partial charge in [-0.1, -0.05) is 0 Å². The van der Waals surface area contributed by atoms with Crippen molar-refractivity contribution < 1.29 is 9.90 Å². The Labute approximate surface area is 108 Å². The van der Waals surface area contributed by atoms with E-state index in [9.17, 15) is 9.90 Å². The molecule has 0 bridgehead atoms. The van der Waals surface area contributed by atoms with Crippen LogP contribution in [0.15, 0.2) is 18.5 Å². The Hall–Kier alpha value is -0.690. The van der Waals surface area contributed by atoms with Crippen LogP contribution in [0.5, 0.6) is 0 Å². The molecule has 5 heteroatoms. The first-order valence-corrected chi connectivity index (χ1v) is 6.32. The number of amides is 1. The van der Waals surface area contributed by atoms with Crippen LogP contribution in [-0.4, -0.2) is 40.1 Å². The molecule has 0 spiro atoms. The lowest BCUT2D eigenvalue weighted by Gasteiger charge is -2.29. The molecule has 1 N–H and O–H groups in total. The van der Waals surface area contributed by atoms with Crippen LogP contribution >= 0.6 is 22.6 Å². The number of carbonyl (C=O) groups excluding carboxylic acids is 1. The van der Waals surface area contributed by atoms with E-state index in [2.05, 4.69) is 27.6 Å². The molecular weight excluding hydrogens is 319 g/mol. The molecule has 1 fully saturated rings. The highest BCUT2D eigenvalue weighted by Gasteiger charge is 2.22. The van der Waals surface area contributed by atoms with Crippen molar-refractivity contribution in [2.75, 3.05) is 13.1 Å². The van der Waals surface area contributed by atoms with E-state index in [1.165, 1.54) is 0 Å². The highest BCUT2D eigenvalue weighted by Crippen LogP contribution is 2.14. The molecular formula is C11H13IN2O2. The van der Waals surface area contributed by atoms with Gasteiger partial charge in [-0.05, 0) is 41.5 Å². The standard InChI is InChI=1S/C11H13IN2O2/c12-9-5-8(6-13-7-9)11(16)14-3-1-10(15)2-4-14/h5-7,10,15H,1-4H2. The second-order valence-electron chi connectivity index (χ2n) is 3.92. The molecule has 0 radical (unpaired) electrons. The fourth-order valence-corrected chi connectivity index (χ4v) is 2.28. The molecule has 2 rings (SSSR count). The van der Waals surface area contributed by atoms with Crippen molar-refractivity contribution in [3.63, 3.8) is 0 Å². The quantitative estimate of drug-likeness (QED) is 0.789. The predicted molar refractivity (Wildman–Crippen MR) is 68.1 cm³/mol. The van der Waals surface area contributed by atoms with Crippen LogP contribution in [0.3, 0.4) is 0 Å². The summed E-state index contributed by atoms with van der Waals surface area (Å²) in [7, 11) is 0. The summed E-state index contributed by atoms with van der Waals surface area (Å²) in [5.41, 5.74) is 0.628. The third kappa shape index (κ3) is 2.70. The first kappa shape index (κ1) is 11.8. The minimum Gasteiger partial charge on any atom is -0.393 e. The van der Waals surface area contributed by atoms with E-state index >= 15 is 0 Å². The Kier molecular flexibility index (Phi) is 3.75. The molecule has 0 aromatic carbocycles. The Bertz CT molecular complexity index is 389. The molecule has 1 saturated heterocycles. The maximum Gasteiger partial charge on any atom is 0.255 e. The van der Waals surface area contributed by atoms with Crippen molar-refractivity contribution in [3.8, 4) is 0 Å². The van der Waals surface area contributed by atoms with E-state index in [0.717, 1.165) is 3.57 Å². The third-order valence-corrected chi connectivity index (χ3v) is 3.29. The lowest BCUT2D eigenvalue weighted by atomic mass is 10.1. The Morgan fingerprint density at radius 3 is 2.75 bits per heavy atom. The predicted octanol–water partition coefficient (Wildman–Crippen LogP) is 1.28. The van der Waals surface area contributed by atoms with Gasteiger partial charge in [-0.2, -0.15) is 0 Å². The van der Waals surface area contributed by atoms with Gasteiger partial charge in [-0.15, -0.1) is 0 Å². The van der Waals surface area contributed by atoms with E-state index in [0.29, 0.717) is 31.5 Å². The number of pyridine rings is 1. The fraction of sp³-hybridized carbons (Fsp3) is 0.455. The van der Waals surface area contributed by atoms with E-state index in [1.807, 2.05) is 6.07 Å². The van der Waals surface area contributed by atoms with Crippen LogP contribution < -0.4 is 0 Å². The van der Waals surface area contributed by atoms with Crippen molar-refractivity contribution >= 4 is 28.5 Å². The molecule has 16 heavy (non-hydrogen) atoms. The maximum atomic E-state index is 12.1. The van der Waals surface area contributed by atoms with Gasteiger partial charge in [0.05, 0.1) is 11.7 Å². The number of piperidine rings is 1. The van der Waals surface area contributed by atoms with Gasteiger partial charge in [0.25, 0.3) is 5.91 Å². The zero-order chi connectivity index (χ0) is 11.5. The average Bonchev–Trinajstić information content (AvgIpc) is 2.29. The highest BCUT2D eigenvalue weighted by molar-refractivity contribution is 14.1. The molecule has 4 nitrogen and oxygen atoms in total. The van der Waals surface area contributed by atoms with Crippen LogP contribution in [0.1, 0.15) is 23.2 Å². The first-order chi connectivity index (χ1) is 7.66. The molecule has 1 aliphatic heterocycles. The molecule has 0 atom stereocenters. The monoisotopic (exact) mass is 332 g/mol. The van der Waals surface area contributed by atoms with E-state index < -0.39 is 0 Å².